The average Bonchev–Trinajstić information content (AvgIpc) is 2.67. The molecule has 1 aromatic carbocycles. The van der Waals surface area contributed by atoms with E-state index in [9.17, 15) is 0 Å². The van der Waals surface area contributed by atoms with E-state index >= 15 is 0 Å². The molecule has 1 aliphatic rings. The normalized spacial score (nSPS) is 19.4. The first-order valence-corrected chi connectivity index (χ1v) is 6.94. The Morgan fingerprint density at radius 3 is 2.72 bits per heavy atom. The van der Waals surface area contributed by atoms with Gasteiger partial charge in [-0.2, -0.15) is 0 Å². The molecule has 3 nitrogen and oxygen atoms in total. The summed E-state index contributed by atoms with van der Waals surface area (Å²) in [7, 11) is 0. The van der Waals surface area contributed by atoms with Gasteiger partial charge in [-0.3, -0.25) is 4.90 Å². The molecule has 2 N–H and O–H groups in total. The van der Waals surface area contributed by atoms with Crippen molar-refractivity contribution in [2.24, 2.45) is 5.73 Å². The van der Waals surface area contributed by atoms with E-state index in [-0.39, 0.29) is 6.04 Å². The maximum Gasteiger partial charge on any atom is 0.0593 e. The molecule has 0 spiro atoms. The second-order valence-corrected chi connectivity index (χ2v) is 4.97. The van der Waals surface area contributed by atoms with Crippen molar-refractivity contribution in [3.63, 3.8) is 0 Å². The molecule has 1 atom stereocenters. The molecule has 18 heavy (non-hydrogen) atoms. The van der Waals surface area contributed by atoms with Crippen LogP contribution in [0.3, 0.4) is 0 Å². The van der Waals surface area contributed by atoms with Crippen molar-refractivity contribution in [1.82, 2.24) is 4.90 Å². The van der Waals surface area contributed by atoms with Crippen molar-refractivity contribution in [2.45, 2.75) is 25.8 Å². The lowest BCUT2D eigenvalue weighted by Crippen LogP contribution is -2.34. The number of ether oxygens (including phenoxy) is 1. The molecule has 3 heteroatoms. The topological polar surface area (TPSA) is 38.5 Å². The summed E-state index contributed by atoms with van der Waals surface area (Å²) in [6, 6.07) is 8.80. The highest BCUT2D eigenvalue weighted by atomic mass is 16.5. The summed E-state index contributed by atoms with van der Waals surface area (Å²) in [5.74, 6) is 0. The number of nitrogens with zero attached hydrogens (tertiary/aromatic N) is 1. The summed E-state index contributed by atoms with van der Waals surface area (Å²) in [6.45, 7) is 6.92. The number of nitrogens with two attached hydrogens (primary N) is 1. The fourth-order valence-electron chi connectivity index (χ4n) is 2.36. The van der Waals surface area contributed by atoms with Gasteiger partial charge in [0.25, 0.3) is 0 Å². The van der Waals surface area contributed by atoms with Gasteiger partial charge in [-0.25, -0.2) is 0 Å². The van der Waals surface area contributed by atoms with Crippen LogP contribution in [-0.2, 0) is 11.2 Å². The van der Waals surface area contributed by atoms with E-state index in [1.165, 1.54) is 11.1 Å². The highest BCUT2D eigenvalue weighted by Gasteiger charge is 2.14. The molecule has 0 aliphatic carbocycles. The third-order valence-corrected chi connectivity index (χ3v) is 3.59. The van der Waals surface area contributed by atoms with Crippen LogP contribution in [0.15, 0.2) is 24.3 Å². The third kappa shape index (κ3) is 3.80. The Morgan fingerprint density at radius 1 is 1.22 bits per heavy atom. The van der Waals surface area contributed by atoms with E-state index in [0.29, 0.717) is 0 Å². The highest BCUT2D eigenvalue weighted by Crippen LogP contribution is 2.14. The SMILES string of the molecule is CCc1ccc(C(N)CN2CCCOCC2)cc1. The van der Waals surface area contributed by atoms with Gasteiger partial charge < -0.3 is 10.5 Å². The van der Waals surface area contributed by atoms with Crippen molar-refractivity contribution < 1.29 is 4.74 Å². The molecule has 1 saturated heterocycles. The first-order valence-electron chi connectivity index (χ1n) is 6.94. The van der Waals surface area contributed by atoms with Gasteiger partial charge in [-0.15, -0.1) is 0 Å². The van der Waals surface area contributed by atoms with Crippen LogP contribution in [-0.4, -0.2) is 37.7 Å². The Bertz CT molecular complexity index is 342. The maximum absolute atomic E-state index is 6.29. The lowest BCUT2D eigenvalue weighted by molar-refractivity contribution is 0.140. The van der Waals surface area contributed by atoms with Gasteiger partial charge in [-0.05, 0) is 24.0 Å². The summed E-state index contributed by atoms with van der Waals surface area (Å²) in [4.78, 5) is 2.41. The molecular weight excluding hydrogens is 224 g/mol. The Balaban J connectivity index is 1.90. The first kappa shape index (κ1) is 13.5. The molecule has 1 fully saturated rings. The van der Waals surface area contributed by atoms with Crippen molar-refractivity contribution in [1.29, 1.82) is 0 Å². The van der Waals surface area contributed by atoms with Gasteiger partial charge >= 0.3 is 0 Å². The van der Waals surface area contributed by atoms with Crippen molar-refractivity contribution in [3.8, 4) is 0 Å². The average molecular weight is 248 g/mol. The van der Waals surface area contributed by atoms with Gasteiger partial charge in [0.15, 0.2) is 0 Å². The Labute approximate surface area is 110 Å². The lowest BCUT2D eigenvalue weighted by Gasteiger charge is -2.23. The summed E-state index contributed by atoms with van der Waals surface area (Å²) in [5, 5.41) is 0. The Kier molecular flexibility index (Phi) is 5.17. The Hall–Kier alpha value is -0.900. The fourth-order valence-corrected chi connectivity index (χ4v) is 2.36. The molecule has 2 rings (SSSR count). The maximum atomic E-state index is 6.29. The van der Waals surface area contributed by atoms with E-state index in [4.69, 9.17) is 10.5 Å². The van der Waals surface area contributed by atoms with Crippen LogP contribution in [0.2, 0.25) is 0 Å². The molecule has 0 amide bonds. The van der Waals surface area contributed by atoms with Crippen LogP contribution < -0.4 is 5.73 Å². The molecule has 1 aliphatic heterocycles. The van der Waals surface area contributed by atoms with Crippen LogP contribution in [0.4, 0.5) is 0 Å². The summed E-state index contributed by atoms with van der Waals surface area (Å²) in [5.41, 5.74) is 8.89. The molecule has 100 valence electrons. The summed E-state index contributed by atoms with van der Waals surface area (Å²) < 4.78 is 5.46. The van der Waals surface area contributed by atoms with Crippen LogP contribution in [0.25, 0.3) is 0 Å². The zero-order valence-electron chi connectivity index (χ0n) is 11.3. The summed E-state index contributed by atoms with van der Waals surface area (Å²) in [6.07, 6.45) is 2.19. The minimum atomic E-state index is 0.106. The van der Waals surface area contributed by atoms with Crippen molar-refractivity contribution in [2.75, 3.05) is 32.8 Å². The summed E-state index contributed by atoms with van der Waals surface area (Å²) >= 11 is 0. The monoisotopic (exact) mass is 248 g/mol. The first-order chi connectivity index (χ1) is 8.79. The second kappa shape index (κ2) is 6.88. The van der Waals surface area contributed by atoms with Crippen LogP contribution in [0, 0.1) is 0 Å². The van der Waals surface area contributed by atoms with Gasteiger partial charge in [0.05, 0.1) is 6.61 Å². The van der Waals surface area contributed by atoms with E-state index in [1.807, 2.05) is 0 Å². The van der Waals surface area contributed by atoms with Crippen molar-refractivity contribution in [3.05, 3.63) is 35.4 Å². The van der Waals surface area contributed by atoms with Crippen LogP contribution >= 0.6 is 0 Å². The second-order valence-electron chi connectivity index (χ2n) is 4.97. The molecule has 1 heterocycles. The molecule has 1 aromatic rings. The predicted molar refractivity (Wildman–Crippen MR) is 74.6 cm³/mol. The zero-order chi connectivity index (χ0) is 12.8. The number of hydrogen-bond donors (Lipinski definition) is 1. The van der Waals surface area contributed by atoms with Gasteiger partial charge in [0, 0.05) is 32.3 Å². The number of benzene rings is 1. The number of aryl methyl sites for hydroxylation is 1. The minimum absolute atomic E-state index is 0.106. The molecule has 0 aromatic heterocycles. The highest BCUT2D eigenvalue weighted by molar-refractivity contribution is 5.25. The molecule has 1 unspecified atom stereocenters. The number of rotatable bonds is 4. The van der Waals surface area contributed by atoms with Gasteiger partial charge in [-0.1, -0.05) is 31.2 Å². The van der Waals surface area contributed by atoms with E-state index in [2.05, 4.69) is 36.1 Å². The minimum Gasteiger partial charge on any atom is -0.380 e. The van der Waals surface area contributed by atoms with Gasteiger partial charge in [0.1, 0.15) is 0 Å². The predicted octanol–water partition coefficient (Wildman–Crippen LogP) is 1.97. The van der Waals surface area contributed by atoms with E-state index < -0.39 is 0 Å². The number of hydrogen-bond acceptors (Lipinski definition) is 3. The van der Waals surface area contributed by atoms with Crippen LogP contribution in [0.5, 0.6) is 0 Å². The quantitative estimate of drug-likeness (QED) is 0.885. The van der Waals surface area contributed by atoms with Crippen molar-refractivity contribution >= 4 is 0 Å². The van der Waals surface area contributed by atoms with E-state index in [0.717, 1.165) is 45.7 Å². The lowest BCUT2D eigenvalue weighted by atomic mass is 10.0. The smallest absolute Gasteiger partial charge is 0.0593 e. The standard InChI is InChI=1S/C15H24N2O/c1-2-13-4-6-14(7-5-13)15(16)12-17-8-3-10-18-11-9-17/h4-7,15H,2-3,8-12,16H2,1H3. The zero-order valence-corrected chi connectivity index (χ0v) is 11.3. The largest absolute Gasteiger partial charge is 0.380 e. The molecular formula is C15H24N2O. The molecule has 0 bridgehead atoms. The molecule has 0 radical (unpaired) electrons. The third-order valence-electron chi connectivity index (χ3n) is 3.59. The van der Waals surface area contributed by atoms with Gasteiger partial charge in [0.2, 0.25) is 0 Å². The fraction of sp³-hybridized carbons (Fsp3) is 0.600. The Morgan fingerprint density at radius 2 is 2.00 bits per heavy atom. The van der Waals surface area contributed by atoms with Crippen LogP contribution in [0.1, 0.15) is 30.5 Å². The van der Waals surface area contributed by atoms with E-state index in [1.54, 1.807) is 0 Å². The molecule has 0 saturated carbocycles.